The summed E-state index contributed by atoms with van der Waals surface area (Å²) in [4.78, 5) is 12.9. The monoisotopic (exact) mass is 229 g/mol. The van der Waals surface area contributed by atoms with Gasteiger partial charge in [-0.1, -0.05) is 32.9 Å². The summed E-state index contributed by atoms with van der Waals surface area (Å²) in [6.45, 7) is 6.50. The lowest BCUT2D eigenvalue weighted by molar-refractivity contribution is -0.104. The molecule has 1 aliphatic rings. The van der Waals surface area contributed by atoms with Gasteiger partial charge in [0.2, 0.25) is 0 Å². The van der Waals surface area contributed by atoms with Gasteiger partial charge in [0, 0.05) is 23.8 Å². The molecule has 0 fully saturated rings. The van der Waals surface area contributed by atoms with E-state index in [2.05, 4.69) is 43.9 Å². The highest BCUT2D eigenvalue weighted by molar-refractivity contribution is 5.76. The van der Waals surface area contributed by atoms with Crippen LogP contribution in [-0.2, 0) is 16.6 Å². The van der Waals surface area contributed by atoms with Crippen LogP contribution < -0.4 is 4.90 Å². The van der Waals surface area contributed by atoms with Gasteiger partial charge in [-0.2, -0.15) is 0 Å². The number of likely N-dealkylation sites (N-methyl/N-ethyl adjacent to an activating group) is 1. The third kappa shape index (κ3) is 1.68. The Morgan fingerprint density at radius 2 is 2.06 bits per heavy atom. The van der Waals surface area contributed by atoms with E-state index in [0.717, 1.165) is 18.4 Å². The van der Waals surface area contributed by atoms with Gasteiger partial charge in [-0.3, -0.25) is 4.79 Å². The van der Waals surface area contributed by atoms with E-state index in [0.29, 0.717) is 0 Å². The number of carbonyl (C=O) groups is 1. The summed E-state index contributed by atoms with van der Waals surface area (Å²) in [7, 11) is 2.02. The SMILES string of the molecule is CCc1ccc2c(c1)C(C)(C)C(=CC=O)N2C. The quantitative estimate of drug-likeness (QED) is 0.574. The van der Waals surface area contributed by atoms with Gasteiger partial charge in [-0.05, 0) is 29.7 Å². The zero-order chi connectivity index (χ0) is 12.6. The van der Waals surface area contributed by atoms with Crippen LogP contribution in [0.3, 0.4) is 0 Å². The molecule has 0 amide bonds. The maximum Gasteiger partial charge on any atom is 0.144 e. The summed E-state index contributed by atoms with van der Waals surface area (Å²) in [6.07, 6.45) is 3.59. The number of carbonyl (C=O) groups excluding carboxylic acids is 1. The second-order valence-corrected chi connectivity index (χ2v) is 5.08. The highest BCUT2D eigenvalue weighted by Crippen LogP contribution is 2.46. The van der Waals surface area contributed by atoms with E-state index in [1.165, 1.54) is 16.8 Å². The van der Waals surface area contributed by atoms with Crippen molar-refractivity contribution in [2.75, 3.05) is 11.9 Å². The molecule has 0 saturated carbocycles. The molecule has 1 aliphatic heterocycles. The lowest BCUT2D eigenvalue weighted by atomic mass is 9.83. The normalized spacial score (nSPS) is 19.5. The molecule has 1 aromatic carbocycles. The van der Waals surface area contributed by atoms with Gasteiger partial charge in [0.05, 0.1) is 0 Å². The Morgan fingerprint density at radius 3 is 2.65 bits per heavy atom. The number of allylic oxidation sites excluding steroid dienone is 2. The first-order chi connectivity index (χ1) is 8.02. The summed E-state index contributed by atoms with van der Waals surface area (Å²) in [6, 6.07) is 6.58. The summed E-state index contributed by atoms with van der Waals surface area (Å²) in [5, 5.41) is 0. The van der Waals surface area contributed by atoms with E-state index in [1.807, 2.05) is 7.05 Å². The van der Waals surface area contributed by atoms with Gasteiger partial charge < -0.3 is 4.90 Å². The molecule has 0 saturated heterocycles. The summed E-state index contributed by atoms with van der Waals surface area (Å²) < 4.78 is 0. The maximum atomic E-state index is 10.8. The van der Waals surface area contributed by atoms with Crippen molar-refractivity contribution in [3.05, 3.63) is 41.1 Å². The minimum absolute atomic E-state index is 0.0871. The van der Waals surface area contributed by atoms with Crippen LogP contribution in [0.2, 0.25) is 0 Å². The van der Waals surface area contributed by atoms with Gasteiger partial charge in [-0.25, -0.2) is 0 Å². The van der Waals surface area contributed by atoms with Gasteiger partial charge in [0.25, 0.3) is 0 Å². The summed E-state index contributed by atoms with van der Waals surface area (Å²) >= 11 is 0. The van der Waals surface area contributed by atoms with Crippen LogP contribution in [0.4, 0.5) is 5.69 Å². The molecule has 0 N–H and O–H groups in total. The zero-order valence-corrected chi connectivity index (χ0v) is 10.9. The molecule has 2 heteroatoms. The molecule has 0 aliphatic carbocycles. The van der Waals surface area contributed by atoms with Crippen molar-refractivity contribution in [2.45, 2.75) is 32.6 Å². The van der Waals surface area contributed by atoms with Crippen molar-refractivity contribution in [3.8, 4) is 0 Å². The second-order valence-electron chi connectivity index (χ2n) is 5.08. The third-order valence-electron chi connectivity index (χ3n) is 3.73. The summed E-state index contributed by atoms with van der Waals surface area (Å²) in [5.74, 6) is 0. The van der Waals surface area contributed by atoms with Crippen LogP contribution in [-0.4, -0.2) is 13.3 Å². The lowest BCUT2D eigenvalue weighted by Gasteiger charge is -2.23. The molecule has 0 aromatic heterocycles. The Labute approximate surface area is 103 Å². The fourth-order valence-corrected chi connectivity index (χ4v) is 2.67. The van der Waals surface area contributed by atoms with Gasteiger partial charge in [-0.15, -0.1) is 0 Å². The molecule has 90 valence electrons. The minimum Gasteiger partial charge on any atom is -0.347 e. The number of hydrogen-bond donors (Lipinski definition) is 0. The Balaban J connectivity index is 2.62. The number of nitrogens with zero attached hydrogens (tertiary/aromatic N) is 1. The number of aryl methyl sites for hydroxylation is 1. The Hall–Kier alpha value is -1.57. The van der Waals surface area contributed by atoms with E-state index in [9.17, 15) is 4.79 Å². The van der Waals surface area contributed by atoms with Crippen LogP contribution >= 0.6 is 0 Å². The highest BCUT2D eigenvalue weighted by atomic mass is 16.1. The second kappa shape index (κ2) is 4.02. The fourth-order valence-electron chi connectivity index (χ4n) is 2.67. The van der Waals surface area contributed by atoms with E-state index in [4.69, 9.17) is 0 Å². The number of fused-ring (bicyclic) bond motifs is 1. The topological polar surface area (TPSA) is 20.3 Å². The molecule has 0 unspecified atom stereocenters. The zero-order valence-electron chi connectivity index (χ0n) is 10.9. The van der Waals surface area contributed by atoms with Crippen LogP contribution in [0.5, 0.6) is 0 Å². The van der Waals surface area contributed by atoms with Crippen LogP contribution in [0.1, 0.15) is 31.9 Å². The first-order valence-electron chi connectivity index (χ1n) is 6.05. The van der Waals surface area contributed by atoms with Crippen molar-refractivity contribution < 1.29 is 4.79 Å². The number of rotatable bonds is 2. The van der Waals surface area contributed by atoms with E-state index < -0.39 is 0 Å². The molecular weight excluding hydrogens is 210 g/mol. The molecule has 0 radical (unpaired) electrons. The van der Waals surface area contributed by atoms with Crippen LogP contribution in [0.25, 0.3) is 0 Å². The van der Waals surface area contributed by atoms with E-state index in [-0.39, 0.29) is 5.41 Å². The van der Waals surface area contributed by atoms with E-state index >= 15 is 0 Å². The first-order valence-corrected chi connectivity index (χ1v) is 6.05. The third-order valence-corrected chi connectivity index (χ3v) is 3.73. The molecule has 0 bridgehead atoms. The molecular formula is C15H19NO. The fraction of sp³-hybridized carbons (Fsp3) is 0.400. The lowest BCUT2D eigenvalue weighted by Crippen LogP contribution is -2.23. The molecule has 1 aromatic rings. The van der Waals surface area contributed by atoms with Crippen molar-refractivity contribution in [1.29, 1.82) is 0 Å². The predicted molar refractivity (Wildman–Crippen MR) is 71.4 cm³/mol. The Kier molecular flexibility index (Phi) is 2.82. The highest BCUT2D eigenvalue weighted by Gasteiger charge is 2.38. The first kappa shape index (κ1) is 11.9. The smallest absolute Gasteiger partial charge is 0.144 e. The standard InChI is InChI=1S/C15H19NO/c1-5-11-6-7-13-12(10-11)15(2,3)14(8-9-17)16(13)4/h6-10H,5H2,1-4H3. The molecule has 1 heterocycles. The van der Waals surface area contributed by atoms with Crippen molar-refractivity contribution in [3.63, 3.8) is 0 Å². The number of benzene rings is 1. The van der Waals surface area contributed by atoms with Gasteiger partial charge >= 0.3 is 0 Å². The molecule has 0 atom stereocenters. The summed E-state index contributed by atoms with van der Waals surface area (Å²) in [5.41, 5.74) is 4.84. The minimum atomic E-state index is -0.0871. The van der Waals surface area contributed by atoms with Crippen LogP contribution in [0.15, 0.2) is 30.0 Å². The number of aldehydes is 1. The molecule has 2 nitrogen and oxygen atoms in total. The number of anilines is 1. The average molecular weight is 229 g/mol. The predicted octanol–water partition coefficient (Wildman–Crippen LogP) is 3.06. The molecule has 0 spiro atoms. The number of hydrogen-bond acceptors (Lipinski definition) is 2. The Bertz CT molecular complexity index is 486. The van der Waals surface area contributed by atoms with Gasteiger partial charge in [0.1, 0.15) is 6.29 Å². The van der Waals surface area contributed by atoms with Crippen LogP contribution in [0, 0.1) is 0 Å². The average Bonchev–Trinajstić information content (AvgIpc) is 2.51. The van der Waals surface area contributed by atoms with Crippen molar-refractivity contribution in [1.82, 2.24) is 0 Å². The van der Waals surface area contributed by atoms with E-state index in [1.54, 1.807) is 6.08 Å². The van der Waals surface area contributed by atoms with Gasteiger partial charge in [0.15, 0.2) is 0 Å². The largest absolute Gasteiger partial charge is 0.347 e. The maximum absolute atomic E-state index is 10.8. The molecule has 2 rings (SSSR count). The Morgan fingerprint density at radius 1 is 1.35 bits per heavy atom. The van der Waals surface area contributed by atoms with Crippen molar-refractivity contribution in [2.24, 2.45) is 0 Å². The molecule has 17 heavy (non-hydrogen) atoms. The van der Waals surface area contributed by atoms with Crippen molar-refractivity contribution >= 4 is 12.0 Å².